The zero-order valence-corrected chi connectivity index (χ0v) is 11.2. The molecule has 0 aromatic heterocycles. The lowest BCUT2D eigenvalue weighted by molar-refractivity contribution is -0.0212. The van der Waals surface area contributed by atoms with Gasteiger partial charge in [0.1, 0.15) is 10.8 Å². The first-order valence-electron chi connectivity index (χ1n) is 5.98. The van der Waals surface area contributed by atoms with Gasteiger partial charge in [0, 0.05) is 25.2 Å². The van der Waals surface area contributed by atoms with Crippen LogP contribution in [0.3, 0.4) is 0 Å². The molecule has 98 valence electrons. The highest BCUT2D eigenvalue weighted by atomic mass is 32.1. The van der Waals surface area contributed by atoms with Gasteiger partial charge >= 0.3 is 0 Å². The van der Waals surface area contributed by atoms with Crippen molar-refractivity contribution in [3.63, 3.8) is 0 Å². The van der Waals surface area contributed by atoms with Crippen molar-refractivity contribution in [1.82, 2.24) is 4.90 Å². The topological polar surface area (TPSA) is 38.5 Å². The fraction of sp³-hybridized carbons (Fsp3) is 0.462. The summed E-state index contributed by atoms with van der Waals surface area (Å²) in [6.07, 6.45) is 0.229. The van der Waals surface area contributed by atoms with Crippen molar-refractivity contribution in [3.8, 4) is 0 Å². The van der Waals surface area contributed by atoms with Crippen molar-refractivity contribution in [2.75, 3.05) is 19.7 Å². The normalized spacial score (nSPS) is 20.9. The van der Waals surface area contributed by atoms with Crippen LogP contribution in [-0.2, 0) is 11.3 Å². The first kappa shape index (κ1) is 13.4. The molecule has 2 N–H and O–H groups in total. The Labute approximate surface area is 112 Å². The van der Waals surface area contributed by atoms with Gasteiger partial charge in [-0.1, -0.05) is 18.3 Å². The maximum atomic E-state index is 13.2. The second-order valence-electron chi connectivity index (χ2n) is 4.58. The zero-order valence-electron chi connectivity index (χ0n) is 10.4. The predicted octanol–water partition coefficient (Wildman–Crippen LogP) is 1.68. The number of morpholine rings is 1. The molecule has 1 unspecified atom stereocenters. The SMILES string of the molecule is CC1CN(Cc2ccc(F)cc2C(N)=S)CCO1. The van der Waals surface area contributed by atoms with E-state index >= 15 is 0 Å². The summed E-state index contributed by atoms with van der Waals surface area (Å²) in [5.41, 5.74) is 7.24. The highest BCUT2D eigenvalue weighted by Gasteiger charge is 2.18. The third-order valence-corrected chi connectivity index (χ3v) is 3.28. The number of nitrogens with two attached hydrogens (primary N) is 1. The lowest BCUT2D eigenvalue weighted by atomic mass is 10.1. The highest BCUT2D eigenvalue weighted by Crippen LogP contribution is 2.16. The van der Waals surface area contributed by atoms with Gasteiger partial charge in [0.05, 0.1) is 12.7 Å². The zero-order chi connectivity index (χ0) is 13.1. The fourth-order valence-corrected chi connectivity index (χ4v) is 2.38. The van der Waals surface area contributed by atoms with E-state index in [9.17, 15) is 4.39 Å². The summed E-state index contributed by atoms with van der Waals surface area (Å²) in [7, 11) is 0. The van der Waals surface area contributed by atoms with Crippen LogP contribution in [0.15, 0.2) is 18.2 Å². The highest BCUT2D eigenvalue weighted by molar-refractivity contribution is 7.80. The molecule has 1 atom stereocenters. The maximum absolute atomic E-state index is 13.2. The summed E-state index contributed by atoms with van der Waals surface area (Å²) < 4.78 is 18.7. The summed E-state index contributed by atoms with van der Waals surface area (Å²) >= 11 is 4.97. The van der Waals surface area contributed by atoms with E-state index in [0.717, 1.165) is 31.8 Å². The summed E-state index contributed by atoms with van der Waals surface area (Å²) in [5, 5.41) is 0. The number of thiocarbonyl (C=S) groups is 1. The van der Waals surface area contributed by atoms with Crippen LogP contribution in [0.2, 0.25) is 0 Å². The van der Waals surface area contributed by atoms with Gasteiger partial charge in [0.2, 0.25) is 0 Å². The minimum absolute atomic E-state index is 0.229. The Morgan fingerprint density at radius 1 is 1.61 bits per heavy atom. The summed E-state index contributed by atoms with van der Waals surface area (Å²) in [6.45, 7) is 5.24. The van der Waals surface area contributed by atoms with Crippen LogP contribution in [0.5, 0.6) is 0 Å². The van der Waals surface area contributed by atoms with Gasteiger partial charge in [0.25, 0.3) is 0 Å². The maximum Gasteiger partial charge on any atom is 0.123 e. The van der Waals surface area contributed by atoms with E-state index in [1.807, 2.05) is 6.92 Å². The average Bonchev–Trinajstić information content (AvgIpc) is 2.31. The van der Waals surface area contributed by atoms with Crippen LogP contribution in [0.4, 0.5) is 4.39 Å². The molecule has 5 heteroatoms. The Kier molecular flexibility index (Phi) is 4.27. The van der Waals surface area contributed by atoms with E-state index in [0.29, 0.717) is 5.56 Å². The molecular weight excluding hydrogens is 251 g/mol. The lowest BCUT2D eigenvalue weighted by Gasteiger charge is -2.31. The number of hydrogen-bond donors (Lipinski definition) is 1. The predicted molar refractivity (Wildman–Crippen MR) is 73.0 cm³/mol. The van der Waals surface area contributed by atoms with E-state index in [-0.39, 0.29) is 16.9 Å². The van der Waals surface area contributed by atoms with Crippen LogP contribution in [0, 0.1) is 5.82 Å². The Bertz CT molecular complexity index is 453. The molecule has 1 heterocycles. The van der Waals surface area contributed by atoms with E-state index < -0.39 is 0 Å². The Balaban J connectivity index is 2.15. The lowest BCUT2D eigenvalue weighted by Crippen LogP contribution is -2.40. The summed E-state index contributed by atoms with van der Waals surface area (Å²) in [5.74, 6) is -0.308. The molecule has 1 aliphatic heterocycles. The second kappa shape index (κ2) is 5.73. The number of ether oxygens (including phenoxy) is 1. The average molecular weight is 268 g/mol. The minimum Gasteiger partial charge on any atom is -0.389 e. The minimum atomic E-state index is -0.308. The number of rotatable bonds is 3. The molecule has 0 radical (unpaired) electrons. The van der Waals surface area contributed by atoms with Crippen LogP contribution in [0.1, 0.15) is 18.1 Å². The second-order valence-corrected chi connectivity index (χ2v) is 5.02. The van der Waals surface area contributed by atoms with E-state index in [2.05, 4.69) is 4.90 Å². The molecule has 1 fully saturated rings. The van der Waals surface area contributed by atoms with Crippen molar-refractivity contribution < 1.29 is 9.13 Å². The van der Waals surface area contributed by atoms with Gasteiger partial charge in [-0.15, -0.1) is 0 Å². The van der Waals surface area contributed by atoms with Crippen LogP contribution < -0.4 is 5.73 Å². The molecule has 1 aromatic carbocycles. The number of nitrogens with zero attached hydrogens (tertiary/aromatic N) is 1. The third kappa shape index (κ3) is 3.25. The van der Waals surface area contributed by atoms with Gasteiger partial charge in [-0.3, -0.25) is 4.90 Å². The molecule has 3 nitrogen and oxygen atoms in total. The number of hydrogen-bond acceptors (Lipinski definition) is 3. The van der Waals surface area contributed by atoms with Gasteiger partial charge in [0.15, 0.2) is 0 Å². The molecule has 18 heavy (non-hydrogen) atoms. The molecule has 0 saturated carbocycles. The molecule has 0 bridgehead atoms. The molecule has 1 aliphatic rings. The van der Waals surface area contributed by atoms with Gasteiger partial charge in [-0.05, 0) is 24.6 Å². The van der Waals surface area contributed by atoms with Crippen LogP contribution in [-0.4, -0.2) is 35.7 Å². The van der Waals surface area contributed by atoms with Crippen molar-refractivity contribution in [1.29, 1.82) is 0 Å². The monoisotopic (exact) mass is 268 g/mol. The van der Waals surface area contributed by atoms with Gasteiger partial charge in [-0.25, -0.2) is 4.39 Å². The van der Waals surface area contributed by atoms with E-state index in [1.165, 1.54) is 12.1 Å². The molecule has 2 rings (SSSR count). The number of halogens is 1. The molecular formula is C13H17FN2OS. The Hall–Kier alpha value is -1.04. The van der Waals surface area contributed by atoms with Crippen LogP contribution >= 0.6 is 12.2 Å². The molecule has 1 saturated heterocycles. The Morgan fingerprint density at radius 2 is 2.39 bits per heavy atom. The largest absolute Gasteiger partial charge is 0.389 e. The summed E-state index contributed by atoms with van der Waals surface area (Å²) in [6, 6.07) is 4.60. The van der Waals surface area contributed by atoms with Gasteiger partial charge < -0.3 is 10.5 Å². The molecule has 1 aromatic rings. The smallest absolute Gasteiger partial charge is 0.123 e. The molecule has 0 spiro atoms. The molecule has 0 amide bonds. The van der Waals surface area contributed by atoms with Crippen LogP contribution in [0.25, 0.3) is 0 Å². The van der Waals surface area contributed by atoms with Crippen molar-refractivity contribution >= 4 is 17.2 Å². The van der Waals surface area contributed by atoms with E-state index in [4.69, 9.17) is 22.7 Å². The molecule has 0 aliphatic carbocycles. The van der Waals surface area contributed by atoms with Crippen molar-refractivity contribution in [2.24, 2.45) is 5.73 Å². The van der Waals surface area contributed by atoms with Gasteiger partial charge in [-0.2, -0.15) is 0 Å². The summed E-state index contributed by atoms with van der Waals surface area (Å²) in [4.78, 5) is 2.51. The number of benzene rings is 1. The Morgan fingerprint density at radius 3 is 3.06 bits per heavy atom. The first-order valence-corrected chi connectivity index (χ1v) is 6.39. The van der Waals surface area contributed by atoms with Crippen molar-refractivity contribution in [3.05, 3.63) is 35.1 Å². The van der Waals surface area contributed by atoms with E-state index in [1.54, 1.807) is 6.07 Å². The fourth-order valence-electron chi connectivity index (χ4n) is 2.19. The standard InChI is InChI=1S/C13H17FN2OS/c1-9-7-16(4-5-17-9)8-10-2-3-11(14)6-12(10)13(15)18/h2-3,6,9H,4-5,7-8H2,1H3,(H2,15,18). The quantitative estimate of drug-likeness (QED) is 0.847. The first-order chi connectivity index (χ1) is 8.56. The third-order valence-electron chi connectivity index (χ3n) is 3.06. The van der Waals surface area contributed by atoms with Crippen molar-refractivity contribution in [2.45, 2.75) is 19.6 Å².